The van der Waals surface area contributed by atoms with Crippen molar-refractivity contribution in [3.05, 3.63) is 52.8 Å². The van der Waals surface area contributed by atoms with Gasteiger partial charge >= 0.3 is 0 Å². The second-order valence-electron chi connectivity index (χ2n) is 7.03. The SMILES string of the molecule is C#CCNC(=O)c1ccc2oc(N3CCN(S(=O)(=O)c4ccc(F)c(Cl)c4)CC3)nc2c1. The summed E-state index contributed by atoms with van der Waals surface area (Å²) >= 11 is 5.74. The van der Waals surface area contributed by atoms with Crippen molar-refractivity contribution in [3.63, 3.8) is 0 Å². The fourth-order valence-electron chi connectivity index (χ4n) is 3.33. The number of hydrogen-bond acceptors (Lipinski definition) is 6. The molecule has 1 aliphatic rings. The number of nitrogens with zero attached hydrogens (tertiary/aromatic N) is 3. The third-order valence-corrected chi connectivity index (χ3v) is 7.21. The van der Waals surface area contributed by atoms with Gasteiger partial charge in [-0.05, 0) is 36.4 Å². The number of terminal acetylenes is 1. The summed E-state index contributed by atoms with van der Waals surface area (Å²) in [5.41, 5.74) is 1.41. The fourth-order valence-corrected chi connectivity index (χ4v) is 5.03. The van der Waals surface area contributed by atoms with Gasteiger partial charge in [-0.25, -0.2) is 12.8 Å². The first-order valence-corrected chi connectivity index (χ1v) is 11.4. The molecule has 0 radical (unpaired) electrons. The van der Waals surface area contributed by atoms with Gasteiger partial charge in [-0.1, -0.05) is 17.5 Å². The lowest BCUT2D eigenvalue weighted by Gasteiger charge is -2.33. The number of halogens is 2. The highest BCUT2D eigenvalue weighted by atomic mass is 35.5. The van der Waals surface area contributed by atoms with Crippen LogP contribution in [-0.2, 0) is 10.0 Å². The molecule has 1 fully saturated rings. The normalized spacial score (nSPS) is 15.0. The van der Waals surface area contributed by atoms with Crippen LogP contribution >= 0.6 is 11.6 Å². The molecule has 2 aromatic carbocycles. The molecule has 166 valence electrons. The largest absolute Gasteiger partial charge is 0.423 e. The van der Waals surface area contributed by atoms with Gasteiger partial charge in [0.15, 0.2) is 5.58 Å². The second-order valence-corrected chi connectivity index (χ2v) is 9.38. The number of aromatic nitrogens is 1. The van der Waals surface area contributed by atoms with E-state index in [9.17, 15) is 17.6 Å². The summed E-state index contributed by atoms with van der Waals surface area (Å²) in [7, 11) is -3.81. The van der Waals surface area contributed by atoms with Gasteiger partial charge in [-0.2, -0.15) is 9.29 Å². The van der Waals surface area contributed by atoms with Crippen molar-refractivity contribution in [2.75, 3.05) is 37.6 Å². The number of fused-ring (bicyclic) bond motifs is 1. The molecule has 11 heteroatoms. The lowest BCUT2D eigenvalue weighted by atomic mass is 10.2. The van der Waals surface area contributed by atoms with Crippen LogP contribution in [0, 0.1) is 18.2 Å². The average molecular weight is 477 g/mol. The van der Waals surface area contributed by atoms with Gasteiger partial charge in [0.1, 0.15) is 11.3 Å². The molecule has 0 aliphatic carbocycles. The summed E-state index contributed by atoms with van der Waals surface area (Å²) in [5.74, 6) is 1.35. The number of sulfonamides is 1. The molecule has 2 heterocycles. The summed E-state index contributed by atoms with van der Waals surface area (Å²) in [4.78, 5) is 18.3. The van der Waals surface area contributed by atoms with E-state index >= 15 is 0 Å². The topological polar surface area (TPSA) is 95.8 Å². The average Bonchev–Trinajstić information content (AvgIpc) is 3.22. The Morgan fingerprint density at radius 1 is 1.22 bits per heavy atom. The predicted octanol–water partition coefficient (Wildman–Crippen LogP) is 2.49. The minimum absolute atomic E-state index is 0.0603. The van der Waals surface area contributed by atoms with Crippen molar-refractivity contribution in [3.8, 4) is 12.3 Å². The highest BCUT2D eigenvalue weighted by molar-refractivity contribution is 7.89. The lowest BCUT2D eigenvalue weighted by Crippen LogP contribution is -2.48. The van der Waals surface area contributed by atoms with Gasteiger partial charge < -0.3 is 14.6 Å². The molecule has 32 heavy (non-hydrogen) atoms. The zero-order valence-corrected chi connectivity index (χ0v) is 18.3. The maximum Gasteiger partial charge on any atom is 0.298 e. The summed E-state index contributed by atoms with van der Waals surface area (Å²) in [6.07, 6.45) is 5.15. The molecular formula is C21H18ClFN4O4S. The number of amides is 1. The second kappa shape index (κ2) is 8.78. The van der Waals surface area contributed by atoms with Crippen molar-refractivity contribution >= 4 is 44.6 Å². The van der Waals surface area contributed by atoms with Crippen LogP contribution in [0.25, 0.3) is 11.1 Å². The van der Waals surface area contributed by atoms with Crippen LogP contribution in [0.3, 0.4) is 0 Å². The standard InChI is InChI=1S/C21H18ClFN4O4S/c1-2-7-24-20(28)14-3-6-19-18(12-14)25-21(31-19)26-8-10-27(11-9-26)32(29,30)15-4-5-17(23)16(22)13-15/h1,3-6,12-13H,7-11H2,(H,24,28). The Kier molecular flexibility index (Phi) is 6.06. The maximum absolute atomic E-state index is 13.4. The van der Waals surface area contributed by atoms with Crippen LogP contribution < -0.4 is 10.2 Å². The summed E-state index contributed by atoms with van der Waals surface area (Å²) in [6.45, 7) is 1.19. The van der Waals surface area contributed by atoms with E-state index in [1.165, 1.54) is 10.4 Å². The van der Waals surface area contributed by atoms with Crippen molar-refractivity contribution in [2.45, 2.75) is 4.90 Å². The predicted molar refractivity (Wildman–Crippen MR) is 118 cm³/mol. The Balaban J connectivity index is 1.47. The minimum atomic E-state index is -3.81. The van der Waals surface area contributed by atoms with E-state index in [1.807, 2.05) is 4.90 Å². The number of hydrogen-bond donors (Lipinski definition) is 1. The molecule has 1 N–H and O–H groups in total. The number of oxazole rings is 1. The molecule has 4 rings (SSSR count). The number of carbonyl (C=O) groups is 1. The molecule has 0 saturated carbocycles. The zero-order valence-electron chi connectivity index (χ0n) is 16.7. The Morgan fingerprint density at radius 2 is 1.97 bits per heavy atom. The molecular weight excluding hydrogens is 459 g/mol. The van der Waals surface area contributed by atoms with Gasteiger partial charge in [0, 0.05) is 31.7 Å². The molecule has 0 bridgehead atoms. The van der Waals surface area contributed by atoms with Crippen LogP contribution in [0.1, 0.15) is 10.4 Å². The number of nitrogens with one attached hydrogen (secondary N) is 1. The third-order valence-electron chi connectivity index (χ3n) is 5.03. The van der Waals surface area contributed by atoms with Crippen molar-refractivity contribution < 1.29 is 22.0 Å². The lowest BCUT2D eigenvalue weighted by molar-refractivity contribution is 0.0959. The summed E-state index contributed by atoms with van der Waals surface area (Å²) in [5, 5.41) is 2.34. The number of piperazine rings is 1. The smallest absolute Gasteiger partial charge is 0.298 e. The number of anilines is 1. The molecule has 3 aromatic rings. The molecule has 1 amide bonds. The van der Waals surface area contributed by atoms with E-state index < -0.39 is 15.8 Å². The Hall–Kier alpha value is -3.13. The van der Waals surface area contributed by atoms with Crippen molar-refractivity contribution in [1.82, 2.24) is 14.6 Å². The van der Waals surface area contributed by atoms with E-state index in [1.54, 1.807) is 18.2 Å². The Bertz CT molecular complexity index is 1330. The highest BCUT2D eigenvalue weighted by Gasteiger charge is 2.30. The third kappa shape index (κ3) is 4.27. The number of rotatable bonds is 5. The van der Waals surface area contributed by atoms with Gasteiger partial charge in [-0.15, -0.1) is 6.42 Å². The van der Waals surface area contributed by atoms with Crippen LogP contribution in [0.4, 0.5) is 10.4 Å². The van der Waals surface area contributed by atoms with Gasteiger partial charge in [0.2, 0.25) is 10.0 Å². The monoisotopic (exact) mass is 476 g/mol. The Labute approximate surface area is 189 Å². The van der Waals surface area contributed by atoms with Crippen LogP contribution in [-0.4, -0.2) is 56.3 Å². The van der Waals surface area contributed by atoms with Crippen LogP contribution in [0.5, 0.6) is 0 Å². The van der Waals surface area contributed by atoms with E-state index in [2.05, 4.69) is 16.2 Å². The molecule has 8 nitrogen and oxygen atoms in total. The van der Waals surface area contributed by atoms with E-state index in [4.69, 9.17) is 22.4 Å². The molecule has 1 saturated heterocycles. The van der Waals surface area contributed by atoms with E-state index in [0.29, 0.717) is 35.8 Å². The first-order valence-electron chi connectivity index (χ1n) is 9.62. The number of benzene rings is 2. The first-order chi connectivity index (χ1) is 15.3. The molecule has 0 spiro atoms. The number of carbonyl (C=O) groups excluding carboxylic acids is 1. The van der Waals surface area contributed by atoms with Gasteiger partial charge in [0.25, 0.3) is 11.9 Å². The Morgan fingerprint density at radius 3 is 2.66 bits per heavy atom. The first kappa shape index (κ1) is 22.1. The highest BCUT2D eigenvalue weighted by Crippen LogP contribution is 2.26. The zero-order chi connectivity index (χ0) is 22.9. The minimum Gasteiger partial charge on any atom is -0.423 e. The molecule has 0 atom stereocenters. The summed E-state index contributed by atoms with van der Waals surface area (Å²) in [6, 6.07) is 8.54. The van der Waals surface area contributed by atoms with Crippen molar-refractivity contribution in [1.29, 1.82) is 0 Å². The fraction of sp³-hybridized carbons (Fsp3) is 0.238. The van der Waals surface area contributed by atoms with Crippen LogP contribution in [0.2, 0.25) is 5.02 Å². The summed E-state index contributed by atoms with van der Waals surface area (Å²) < 4.78 is 46.2. The molecule has 1 aliphatic heterocycles. The maximum atomic E-state index is 13.4. The molecule has 0 unspecified atom stereocenters. The van der Waals surface area contributed by atoms with Crippen molar-refractivity contribution in [2.24, 2.45) is 0 Å². The van der Waals surface area contributed by atoms with Gasteiger partial charge in [-0.3, -0.25) is 4.79 Å². The van der Waals surface area contributed by atoms with Crippen LogP contribution in [0.15, 0.2) is 45.7 Å². The van der Waals surface area contributed by atoms with E-state index in [0.717, 1.165) is 12.1 Å². The molecule has 1 aromatic heterocycles. The van der Waals surface area contributed by atoms with E-state index in [-0.39, 0.29) is 35.5 Å². The van der Waals surface area contributed by atoms with Gasteiger partial charge in [0.05, 0.1) is 16.5 Å². The quantitative estimate of drug-likeness (QED) is 0.568.